The van der Waals surface area contributed by atoms with Crippen LogP contribution in [0.2, 0.25) is 0 Å². The monoisotopic (exact) mass is 241 g/mol. The summed E-state index contributed by atoms with van der Waals surface area (Å²) in [4.78, 5) is 2.32. The van der Waals surface area contributed by atoms with Gasteiger partial charge in [0, 0.05) is 18.5 Å². The van der Waals surface area contributed by atoms with Gasteiger partial charge in [0.25, 0.3) is 0 Å². The molecule has 0 radical (unpaired) electrons. The molecule has 1 aromatic heterocycles. The maximum atomic E-state index is 4.30. The fourth-order valence-corrected chi connectivity index (χ4v) is 2.38. The van der Waals surface area contributed by atoms with E-state index >= 15 is 0 Å². The smallest absolute Gasteiger partial charge is 0.208 e. The number of anilines is 1. The minimum atomic E-state index is 0.111. The molecule has 1 rings (SSSR count). The maximum Gasteiger partial charge on any atom is 0.208 e. The number of aromatic nitrogens is 2. The second kappa shape index (κ2) is 5.62. The van der Waals surface area contributed by atoms with Crippen molar-refractivity contribution in [1.82, 2.24) is 10.2 Å². The molecule has 92 valence electrons. The second-order valence-electron chi connectivity index (χ2n) is 5.07. The summed E-state index contributed by atoms with van der Waals surface area (Å²) in [5.74, 6) is 0. The van der Waals surface area contributed by atoms with Crippen LogP contribution in [0.3, 0.4) is 0 Å². The van der Waals surface area contributed by atoms with E-state index in [9.17, 15) is 0 Å². The van der Waals surface area contributed by atoms with Crippen LogP contribution in [0.1, 0.15) is 52.5 Å². The minimum absolute atomic E-state index is 0.111. The maximum absolute atomic E-state index is 4.30. The van der Waals surface area contributed by atoms with Crippen LogP contribution in [-0.2, 0) is 5.41 Å². The zero-order valence-electron chi connectivity index (χ0n) is 11.1. The first-order valence-corrected chi connectivity index (χ1v) is 6.89. The molecule has 0 amide bonds. The zero-order valence-corrected chi connectivity index (χ0v) is 11.9. The fraction of sp³-hybridized carbons (Fsp3) is 0.833. The summed E-state index contributed by atoms with van der Waals surface area (Å²) in [5.41, 5.74) is 0.111. The summed E-state index contributed by atoms with van der Waals surface area (Å²) in [5, 5.41) is 10.8. The summed E-state index contributed by atoms with van der Waals surface area (Å²) in [7, 11) is 0. The van der Waals surface area contributed by atoms with Gasteiger partial charge >= 0.3 is 0 Å². The SMILES string of the molecule is CCCCN(CC)c1nnc(C(C)(C)C)s1. The Labute approximate surface area is 103 Å². The normalized spacial score (nSPS) is 11.8. The van der Waals surface area contributed by atoms with Gasteiger partial charge < -0.3 is 4.90 Å². The van der Waals surface area contributed by atoms with Crippen molar-refractivity contribution in [2.24, 2.45) is 0 Å². The van der Waals surface area contributed by atoms with Gasteiger partial charge in [-0.3, -0.25) is 0 Å². The third kappa shape index (κ3) is 3.44. The Kier molecular flexibility index (Phi) is 4.71. The first-order valence-electron chi connectivity index (χ1n) is 6.08. The minimum Gasteiger partial charge on any atom is -0.347 e. The largest absolute Gasteiger partial charge is 0.347 e. The van der Waals surface area contributed by atoms with E-state index in [-0.39, 0.29) is 5.41 Å². The van der Waals surface area contributed by atoms with E-state index < -0.39 is 0 Å². The number of unbranched alkanes of at least 4 members (excludes halogenated alkanes) is 1. The lowest BCUT2D eigenvalue weighted by Crippen LogP contribution is -2.23. The molecule has 0 N–H and O–H groups in total. The van der Waals surface area contributed by atoms with Crippen LogP contribution in [-0.4, -0.2) is 23.3 Å². The molecule has 0 fully saturated rings. The van der Waals surface area contributed by atoms with Crippen LogP contribution in [0, 0.1) is 0 Å². The molecule has 0 bridgehead atoms. The molecule has 1 heterocycles. The standard InChI is InChI=1S/C12H23N3S/c1-6-8-9-15(7-2)11-14-13-10(16-11)12(3,4)5/h6-9H2,1-5H3. The number of hydrogen-bond acceptors (Lipinski definition) is 4. The molecule has 0 aromatic carbocycles. The van der Waals surface area contributed by atoms with Gasteiger partial charge in [0.1, 0.15) is 5.01 Å². The molecule has 3 nitrogen and oxygen atoms in total. The van der Waals surface area contributed by atoms with E-state index in [1.165, 1.54) is 12.8 Å². The lowest BCUT2D eigenvalue weighted by molar-refractivity contribution is 0.578. The molecular formula is C12H23N3S. The molecule has 0 saturated carbocycles. The van der Waals surface area contributed by atoms with Crippen LogP contribution in [0.25, 0.3) is 0 Å². The van der Waals surface area contributed by atoms with Crippen LogP contribution < -0.4 is 4.90 Å². The number of rotatable bonds is 5. The average Bonchev–Trinajstić information content (AvgIpc) is 2.68. The summed E-state index contributed by atoms with van der Waals surface area (Å²) < 4.78 is 0. The quantitative estimate of drug-likeness (QED) is 0.790. The van der Waals surface area contributed by atoms with Crippen molar-refractivity contribution in [2.75, 3.05) is 18.0 Å². The van der Waals surface area contributed by atoms with Crippen molar-refractivity contribution < 1.29 is 0 Å². The predicted molar refractivity (Wildman–Crippen MR) is 71.4 cm³/mol. The highest BCUT2D eigenvalue weighted by Gasteiger charge is 2.20. The molecule has 0 saturated heterocycles. The molecule has 0 atom stereocenters. The number of nitrogens with zero attached hydrogens (tertiary/aromatic N) is 3. The second-order valence-corrected chi connectivity index (χ2v) is 6.03. The van der Waals surface area contributed by atoms with E-state index in [1.54, 1.807) is 11.3 Å². The lowest BCUT2D eigenvalue weighted by Gasteiger charge is -2.18. The van der Waals surface area contributed by atoms with Crippen molar-refractivity contribution in [2.45, 2.75) is 52.9 Å². The van der Waals surface area contributed by atoms with Gasteiger partial charge in [-0.15, -0.1) is 10.2 Å². The Bertz CT molecular complexity index is 314. The summed E-state index contributed by atoms with van der Waals surface area (Å²) in [6, 6.07) is 0. The van der Waals surface area contributed by atoms with Gasteiger partial charge in [-0.05, 0) is 13.3 Å². The Hall–Kier alpha value is -0.640. The summed E-state index contributed by atoms with van der Waals surface area (Å²) in [6.45, 7) is 13.0. The van der Waals surface area contributed by atoms with Crippen LogP contribution >= 0.6 is 11.3 Å². The third-order valence-electron chi connectivity index (χ3n) is 2.49. The van der Waals surface area contributed by atoms with Gasteiger partial charge in [0.15, 0.2) is 0 Å². The first-order chi connectivity index (χ1) is 7.49. The molecule has 4 heteroatoms. The van der Waals surface area contributed by atoms with Gasteiger partial charge in [-0.1, -0.05) is 45.5 Å². The van der Waals surface area contributed by atoms with Crippen molar-refractivity contribution in [3.8, 4) is 0 Å². The molecule has 16 heavy (non-hydrogen) atoms. The van der Waals surface area contributed by atoms with Crippen molar-refractivity contribution in [3.05, 3.63) is 5.01 Å². The van der Waals surface area contributed by atoms with Crippen molar-refractivity contribution in [3.63, 3.8) is 0 Å². The molecule has 0 spiro atoms. The zero-order chi connectivity index (χ0) is 12.2. The molecule has 1 aromatic rings. The van der Waals surface area contributed by atoms with Gasteiger partial charge in [-0.2, -0.15) is 0 Å². The average molecular weight is 241 g/mol. The van der Waals surface area contributed by atoms with Crippen LogP contribution in [0.15, 0.2) is 0 Å². The van der Waals surface area contributed by atoms with Crippen LogP contribution in [0.5, 0.6) is 0 Å². The lowest BCUT2D eigenvalue weighted by atomic mass is 9.98. The van der Waals surface area contributed by atoms with E-state index in [0.29, 0.717) is 0 Å². The topological polar surface area (TPSA) is 29.0 Å². The van der Waals surface area contributed by atoms with E-state index in [0.717, 1.165) is 23.2 Å². The van der Waals surface area contributed by atoms with Crippen molar-refractivity contribution >= 4 is 16.5 Å². The molecular weight excluding hydrogens is 218 g/mol. The Morgan fingerprint density at radius 3 is 2.31 bits per heavy atom. The predicted octanol–water partition coefficient (Wildman–Crippen LogP) is 3.46. The molecule has 0 aliphatic carbocycles. The van der Waals surface area contributed by atoms with E-state index in [4.69, 9.17) is 0 Å². The molecule has 0 aliphatic rings. The molecule has 0 unspecified atom stereocenters. The highest BCUT2D eigenvalue weighted by molar-refractivity contribution is 7.15. The molecule has 0 aliphatic heterocycles. The Morgan fingerprint density at radius 2 is 1.88 bits per heavy atom. The fourth-order valence-electron chi connectivity index (χ4n) is 1.38. The third-order valence-corrected chi connectivity index (χ3v) is 3.90. The highest BCUT2D eigenvalue weighted by Crippen LogP contribution is 2.29. The highest BCUT2D eigenvalue weighted by atomic mass is 32.1. The summed E-state index contributed by atoms with van der Waals surface area (Å²) >= 11 is 1.73. The Balaban J connectivity index is 2.75. The van der Waals surface area contributed by atoms with E-state index in [2.05, 4.69) is 49.7 Å². The van der Waals surface area contributed by atoms with Gasteiger partial charge in [0.05, 0.1) is 0 Å². The van der Waals surface area contributed by atoms with E-state index in [1.807, 2.05) is 0 Å². The summed E-state index contributed by atoms with van der Waals surface area (Å²) in [6.07, 6.45) is 2.44. The van der Waals surface area contributed by atoms with Gasteiger partial charge in [0.2, 0.25) is 5.13 Å². The van der Waals surface area contributed by atoms with Crippen molar-refractivity contribution in [1.29, 1.82) is 0 Å². The number of hydrogen-bond donors (Lipinski definition) is 0. The Morgan fingerprint density at radius 1 is 1.19 bits per heavy atom. The van der Waals surface area contributed by atoms with Gasteiger partial charge in [-0.25, -0.2) is 0 Å². The van der Waals surface area contributed by atoms with Crippen LogP contribution in [0.4, 0.5) is 5.13 Å². The first kappa shape index (κ1) is 13.4.